The van der Waals surface area contributed by atoms with Gasteiger partial charge in [-0.2, -0.15) is 9.67 Å². The topological polar surface area (TPSA) is 114 Å². The first kappa shape index (κ1) is 22.9. The highest BCUT2D eigenvalue weighted by Gasteiger charge is 2.42. The minimum Gasteiger partial charge on any atom is -0.368 e. The molecule has 2 bridgehead atoms. The van der Waals surface area contributed by atoms with Gasteiger partial charge in [-0.15, -0.1) is 16.4 Å². The first-order valence-corrected chi connectivity index (χ1v) is 14.1. The normalized spacial score (nSPS) is 23.8. The maximum absolute atomic E-state index is 6.22. The van der Waals surface area contributed by atoms with E-state index < -0.39 is 0 Å². The van der Waals surface area contributed by atoms with E-state index in [4.69, 9.17) is 10.7 Å². The van der Waals surface area contributed by atoms with Crippen molar-refractivity contribution in [2.45, 2.75) is 45.6 Å². The molecular formula is C26H32N10S. The summed E-state index contributed by atoms with van der Waals surface area (Å²) >= 11 is 1.58. The van der Waals surface area contributed by atoms with Gasteiger partial charge in [-0.1, -0.05) is 6.42 Å². The minimum absolute atomic E-state index is 0.267. The van der Waals surface area contributed by atoms with E-state index in [1.165, 1.54) is 32.0 Å². The molecule has 2 unspecified atom stereocenters. The molecule has 1 aliphatic heterocycles. The summed E-state index contributed by atoms with van der Waals surface area (Å²) < 4.78 is 2.50. The van der Waals surface area contributed by atoms with Gasteiger partial charge in [0.15, 0.2) is 5.82 Å². The molecule has 0 spiro atoms. The van der Waals surface area contributed by atoms with E-state index in [0.717, 1.165) is 76.9 Å². The van der Waals surface area contributed by atoms with Crippen LogP contribution in [0.4, 0.5) is 23.4 Å². The number of rotatable bonds is 5. The number of nitrogens with two attached hydrogens (primary N) is 1. The molecule has 3 atom stereocenters. The maximum Gasteiger partial charge on any atom is 0.248 e. The van der Waals surface area contributed by atoms with Crippen LogP contribution in [0.25, 0.3) is 16.0 Å². The molecule has 5 heterocycles. The summed E-state index contributed by atoms with van der Waals surface area (Å²) in [6, 6.07) is 2.93. The Morgan fingerprint density at radius 2 is 1.86 bits per heavy atom. The number of fused-ring (bicyclic) bond motifs is 3. The number of nitrogen functional groups attached to an aromatic ring is 1. The molecule has 0 radical (unpaired) electrons. The molecule has 7 rings (SSSR count). The number of hydrogen-bond acceptors (Lipinski definition) is 10. The monoisotopic (exact) mass is 516 g/mol. The van der Waals surface area contributed by atoms with Gasteiger partial charge in [0.25, 0.3) is 0 Å². The van der Waals surface area contributed by atoms with E-state index in [9.17, 15) is 0 Å². The molecule has 37 heavy (non-hydrogen) atoms. The van der Waals surface area contributed by atoms with Crippen LogP contribution in [-0.4, -0.2) is 66.8 Å². The van der Waals surface area contributed by atoms with E-state index in [-0.39, 0.29) is 5.95 Å². The fourth-order valence-electron chi connectivity index (χ4n) is 6.66. The standard InChI is InChI=1S/C26H32N10S/c1-15-9-19(12-28-23(15)35-7-5-34(6-8-35)20-11-17-3-4-18(20)10-17)31-26-32-25(27)36(33-26)24-22-21(29-14-30-24)16(2)13-37-22/h9,12-14,17-18,20H,3-8,10-11H2,1-2H3,(H3,27,31,32,33)/t17?,18?,20-/m0/s1. The number of thiophene rings is 1. The number of piperazine rings is 1. The van der Waals surface area contributed by atoms with Gasteiger partial charge < -0.3 is 16.0 Å². The third-order valence-corrected chi connectivity index (χ3v) is 9.52. The van der Waals surface area contributed by atoms with Crippen LogP contribution < -0.4 is 16.0 Å². The number of anilines is 4. The zero-order valence-electron chi connectivity index (χ0n) is 21.3. The van der Waals surface area contributed by atoms with Gasteiger partial charge in [0.1, 0.15) is 12.1 Å². The Bertz CT molecular complexity index is 1450. The number of pyridine rings is 1. The quantitative estimate of drug-likeness (QED) is 0.407. The maximum atomic E-state index is 6.22. The van der Waals surface area contributed by atoms with Crippen molar-refractivity contribution < 1.29 is 0 Å². The summed E-state index contributed by atoms with van der Waals surface area (Å²) in [5.41, 5.74) is 10.2. The van der Waals surface area contributed by atoms with Crippen LogP contribution in [0.3, 0.4) is 0 Å². The lowest BCUT2D eigenvalue weighted by molar-refractivity contribution is 0.134. The van der Waals surface area contributed by atoms with Gasteiger partial charge in [0.2, 0.25) is 11.9 Å². The van der Waals surface area contributed by atoms with Crippen LogP contribution in [-0.2, 0) is 0 Å². The summed E-state index contributed by atoms with van der Waals surface area (Å²) in [5, 5.41) is 9.91. The third-order valence-electron chi connectivity index (χ3n) is 8.44. The summed E-state index contributed by atoms with van der Waals surface area (Å²) in [4.78, 5) is 23.2. The fraction of sp³-hybridized carbons (Fsp3) is 0.500. The zero-order chi connectivity index (χ0) is 25.1. The van der Waals surface area contributed by atoms with Crippen LogP contribution >= 0.6 is 11.3 Å². The van der Waals surface area contributed by atoms with Gasteiger partial charge in [0.05, 0.1) is 22.1 Å². The van der Waals surface area contributed by atoms with Crippen LogP contribution in [0.2, 0.25) is 0 Å². The summed E-state index contributed by atoms with van der Waals surface area (Å²) in [6.45, 7) is 8.49. The van der Waals surface area contributed by atoms with Crippen molar-refractivity contribution in [1.29, 1.82) is 0 Å². The Hall–Kier alpha value is -3.31. The van der Waals surface area contributed by atoms with Gasteiger partial charge in [-0.05, 0) is 67.5 Å². The molecule has 0 amide bonds. The molecule has 4 aromatic heterocycles. The van der Waals surface area contributed by atoms with Gasteiger partial charge in [-0.3, -0.25) is 4.90 Å². The molecule has 2 aliphatic carbocycles. The lowest BCUT2D eigenvalue weighted by atomic mass is 9.93. The first-order valence-electron chi connectivity index (χ1n) is 13.2. The third kappa shape index (κ3) is 4.00. The molecule has 3 aliphatic rings. The van der Waals surface area contributed by atoms with E-state index in [0.29, 0.717) is 11.8 Å². The van der Waals surface area contributed by atoms with Crippen molar-refractivity contribution in [3.8, 4) is 5.82 Å². The van der Waals surface area contributed by atoms with Crippen molar-refractivity contribution in [2.24, 2.45) is 11.8 Å². The zero-order valence-corrected chi connectivity index (χ0v) is 22.1. The van der Waals surface area contributed by atoms with Crippen molar-refractivity contribution in [3.05, 3.63) is 35.1 Å². The number of nitrogens with one attached hydrogen (secondary N) is 1. The van der Waals surface area contributed by atoms with E-state index in [1.807, 2.05) is 13.1 Å². The second-order valence-corrected chi connectivity index (χ2v) is 11.6. The Morgan fingerprint density at radius 3 is 2.62 bits per heavy atom. The molecule has 4 aromatic rings. The molecule has 10 nitrogen and oxygen atoms in total. The number of aromatic nitrogens is 6. The Labute approximate surface area is 219 Å². The smallest absolute Gasteiger partial charge is 0.248 e. The highest BCUT2D eigenvalue weighted by atomic mass is 32.1. The van der Waals surface area contributed by atoms with Crippen LogP contribution in [0.1, 0.15) is 36.8 Å². The first-order chi connectivity index (χ1) is 18.0. The van der Waals surface area contributed by atoms with Crippen LogP contribution in [0.5, 0.6) is 0 Å². The van der Waals surface area contributed by atoms with Crippen molar-refractivity contribution in [1.82, 2.24) is 34.6 Å². The van der Waals surface area contributed by atoms with Gasteiger partial charge >= 0.3 is 0 Å². The van der Waals surface area contributed by atoms with Crippen LogP contribution in [0, 0.1) is 25.7 Å². The number of nitrogens with zero attached hydrogens (tertiary/aromatic N) is 8. The molecular weight excluding hydrogens is 484 g/mol. The lowest BCUT2D eigenvalue weighted by Crippen LogP contribution is -2.52. The predicted molar refractivity (Wildman–Crippen MR) is 147 cm³/mol. The average molecular weight is 517 g/mol. The molecule has 3 N–H and O–H groups in total. The summed E-state index contributed by atoms with van der Waals surface area (Å²) in [6.07, 6.45) is 9.19. The van der Waals surface area contributed by atoms with Crippen LogP contribution in [0.15, 0.2) is 24.0 Å². The van der Waals surface area contributed by atoms with E-state index >= 15 is 0 Å². The Morgan fingerprint density at radius 1 is 1.00 bits per heavy atom. The SMILES string of the molecule is Cc1cc(Nc2nc(N)n(-c3ncnc4c(C)csc34)n2)cnc1N1CCN([C@H]2CC3CCC2C3)CC1. The Balaban J connectivity index is 1.04. The summed E-state index contributed by atoms with van der Waals surface area (Å²) in [7, 11) is 0. The number of aryl methyl sites for hydroxylation is 2. The molecule has 2 saturated carbocycles. The number of hydrogen-bond donors (Lipinski definition) is 2. The highest BCUT2D eigenvalue weighted by Crippen LogP contribution is 2.46. The second kappa shape index (κ2) is 8.91. The molecule has 0 aromatic carbocycles. The predicted octanol–water partition coefficient (Wildman–Crippen LogP) is 3.92. The van der Waals surface area contributed by atoms with E-state index in [1.54, 1.807) is 16.0 Å². The lowest BCUT2D eigenvalue weighted by Gasteiger charge is -2.41. The van der Waals surface area contributed by atoms with Crippen molar-refractivity contribution >= 4 is 45.0 Å². The molecule has 3 fully saturated rings. The van der Waals surface area contributed by atoms with E-state index in [2.05, 4.69) is 53.5 Å². The second-order valence-electron chi connectivity index (χ2n) is 10.8. The van der Waals surface area contributed by atoms with Gasteiger partial charge in [0, 0.05) is 32.2 Å². The molecule has 192 valence electrons. The fourth-order valence-corrected chi connectivity index (χ4v) is 7.64. The summed E-state index contributed by atoms with van der Waals surface area (Å²) in [5.74, 6) is 4.31. The highest BCUT2D eigenvalue weighted by molar-refractivity contribution is 7.17. The molecule has 11 heteroatoms. The van der Waals surface area contributed by atoms with Crippen molar-refractivity contribution in [2.75, 3.05) is 42.1 Å². The minimum atomic E-state index is 0.267. The van der Waals surface area contributed by atoms with Gasteiger partial charge in [-0.25, -0.2) is 15.0 Å². The van der Waals surface area contributed by atoms with Crippen molar-refractivity contribution in [3.63, 3.8) is 0 Å². The largest absolute Gasteiger partial charge is 0.368 e. The molecule has 1 saturated heterocycles. The average Bonchev–Trinajstić information content (AvgIpc) is 3.69. The Kier molecular flexibility index (Phi) is 5.51.